The molecule has 0 amide bonds. The van der Waals surface area contributed by atoms with Crippen LogP contribution in [0.3, 0.4) is 0 Å². The van der Waals surface area contributed by atoms with E-state index in [1.54, 1.807) is 0 Å². The molecule has 0 rings (SSSR count). The topological polar surface area (TPSA) is 32.6 Å². The van der Waals surface area contributed by atoms with Crippen LogP contribution < -0.4 is 0 Å². The maximum atomic E-state index is 8.42. The van der Waals surface area contributed by atoms with Gasteiger partial charge in [-0.25, -0.2) is 4.99 Å². The van der Waals surface area contributed by atoms with Gasteiger partial charge < -0.3 is 5.11 Å². The zero-order valence-electron chi connectivity index (χ0n) is 5.38. The fourth-order valence-electron chi connectivity index (χ4n) is 0.158. The Hall–Kier alpha value is -1.31. The van der Waals surface area contributed by atoms with Crippen LogP contribution >= 0.6 is 0 Å². The highest BCUT2D eigenvalue weighted by molar-refractivity contribution is 5.27. The van der Waals surface area contributed by atoms with Gasteiger partial charge in [-0.1, -0.05) is 12.7 Å². The quantitative estimate of drug-likeness (QED) is 0.260. The van der Waals surface area contributed by atoms with Crippen LogP contribution in [0.2, 0.25) is 0 Å². The molecule has 0 bridgehead atoms. The minimum Gasteiger partial charge on any atom is -0.493 e. The van der Waals surface area contributed by atoms with Crippen LogP contribution in [-0.2, 0) is 0 Å². The first-order valence-electron chi connectivity index (χ1n) is 2.29. The van der Waals surface area contributed by atoms with E-state index in [0.29, 0.717) is 0 Å². The van der Waals surface area contributed by atoms with Crippen LogP contribution in [-0.4, -0.2) is 11.8 Å². The molecule has 50 valence electrons. The lowest BCUT2D eigenvalue weighted by Gasteiger charge is -1.79. The lowest BCUT2D eigenvalue weighted by Crippen LogP contribution is -1.67. The molecular weight excluding hydrogens is 114 g/mol. The SMILES string of the molecule is C=C.C=C/C=C(/O)N=C. The number of hydrogen-bond acceptors (Lipinski definition) is 2. The van der Waals surface area contributed by atoms with Crippen LogP contribution in [0.25, 0.3) is 0 Å². The average molecular weight is 125 g/mol. The molecule has 1 N–H and O–H groups in total. The lowest BCUT2D eigenvalue weighted by atomic mass is 10.6. The van der Waals surface area contributed by atoms with Gasteiger partial charge in [-0.3, -0.25) is 0 Å². The molecule has 0 unspecified atom stereocenters. The number of aliphatic imine (C=N–C) groups is 1. The van der Waals surface area contributed by atoms with Crippen LogP contribution in [0.4, 0.5) is 0 Å². The summed E-state index contributed by atoms with van der Waals surface area (Å²) in [5.41, 5.74) is 0. The Balaban J connectivity index is 0. The highest BCUT2D eigenvalue weighted by Gasteiger charge is 1.73. The van der Waals surface area contributed by atoms with Crippen LogP contribution in [0.5, 0.6) is 0 Å². The van der Waals surface area contributed by atoms with Crippen LogP contribution in [0.1, 0.15) is 0 Å². The summed E-state index contributed by atoms with van der Waals surface area (Å²) in [5.74, 6) is -0.102. The zero-order chi connectivity index (χ0) is 7.70. The van der Waals surface area contributed by atoms with E-state index in [9.17, 15) is 0 Å². The summed E-state index contributed by atoms with van der Waals surface area (Å²) in [4.78, 5) is 3.17. The molecule has 9 heavy (non-hydrogen) atoms. The van der Waals surface area contributed by atoms with Gasteiger partial charge in [0.25, 0.3) is 0 Å². The summed E-state index contributed by atoms with van der Waals surface area (Å²) in [5, 5.41) is 8.42. The first-order valence-corrected chi connectivity index (χ1v) is 2.29. The third kappa shape index (κ3) is 10.8. The van der Waals surface area contributed by atoms with Crippen molar-refractivity contribution in [2.45, 2.75) is 0 Å². The van der Waals surface area contributed by atoms with Crippen LogP contribution in [0, 0.1) is 0 Å². The Morgan fingerprint density at radius 1 is 1.44 bits per heavy atom. The fraction of sp³-hybridized carbons (Fsp3) is 0. The van der Waals surface area contributed by atoms with Gasteiger partial charge in [0.1, 0.15) is 0 Å². The van der Waals surface area contributed by atoms with Gasteiger partial charge in [0.15, 0.2) is 0 Å². The average Bonchev–Trinajstić information content (AvgIpc) is 1.93. The molecule has 0 radical (unpaired) electrons. The Bertz CT molecular complexity index is 116. The van der Waals surface area contributed by atoms with Gasteiger partial charge in [0.05, 0.1) is 0 Å². The third-order valence-electron chi connectivity index (χ3n) is 0.429. The molecule has 0 spiro atoms. The number of allylic oxidation sites excluding steroid dienone is 2. The van der Waals surface area contributed by atoms with E-state index in [-0.39, 0.29) is 5.88 Å². The first-order chi connectivity index (χ1) is 4.31. The largest absolute Gasteiger partial charge is 0.493 e. The number of hydrogen-bond donors (Lipinski definition) is 1. The van der Waals surface area contributed by atoms with Crippen molar-refractivity contribution >= 4 is 6.72 Å². The van der Waals surface area contributed by atoms with E-state index in [1.165, 1.54) is 12.2 Å². The molecule has 0 saturated carbocycles. The molecule has 0 aromatic heterocycles. The minimum atomic E-state index is -0.102. The van der Waals surface area contributed by atoms with E-state index < -0.39 is 0 Å². The smallest absolute Gasteiger partial charge is 0.210 e. The van der Waals surface area contributed by atoms with Gasteiger partial charge in [0.2, 0.25) is 5.88 Å². The molecule has 0 heterocycles. The highest BCUT2D eigenvalue weighted by Crippen LogP contribution is 1.85. The van der Waals surface area contributed by atoms with Crippen molar-refractivity contribution in [3.05, 3.63) is 37.8 Å². The molecule has 0 aromatic carbocycles. The molecule has 0 aliphatic carbocycles. The molecule has 0 fully saturated rings. The van der Waals surface area contributed by atoms with E-state index >= 15 is 0 Å². The minimum absolute atomic E-state index is 0.102. The number of nitrogens with zero attached hydrogens (tertiary/aromatic N) is 1. The predicted molar refractivity (Wildman–Crippen MR) is 41.7 cm³/mol. The first kappa shape index (κ1) is 10.6. The molecule has 2 heteroatoms. The summed E-state index contributed by atoms with van der Waals surface area (Å²) >= 11 is 0. The Morgan fingerprint density at radius 3 is 2.00 bits per heavy atom. The van der Waals surface area contributed by atoms with Gasteiger partial charge in [-0.05, 0) is 12.8 Å². The Morgan fingerprint density at radius 2 is 1.89 bits per heavy atom. The Kier molecular flexibility index (Phi) is 11.6. The van der Waals surface area contributed by atoms with Crippen molar-refractivity contribution in [3.8, 4) is 0 Å². The second-order valence-corrected chi connectivity index (χ2v) is 0.919. The van der Waals surface area contributed by atoms with Gasteiger partial charge in [-0.15, -0.1) is 13.2 Å². The standard InChI is InChI=1S/C5H7NO.C2H4/c1-3-4-5(7)6-2;1-2/h3-4,7H,1-2H2;1-2H2/b5-4+;. The normalized spacial score (nSPS) is 8.67. The summed E-state index contributed by atoms with van der Waals surface area (Å²) in [6.07, 6.45) is 2.79. The van der Waals surface area contributed by atoms with E-state index in [4.69, 9.17) is 5.11 Å². The monoisotopic (exact) mass is 125 g/mol. The van der Waals surface area contributed by atoms with Crippen molar-refractivity contribution in [3.63, 3.8) is 0 Å². The number of rotatable bonds is 2. The molecule has 0 atom stereocenters. The molecular formula is C7H11NO. The highest BCUT2D eigenvalue weighted by atomic mass is 16.3. The second kappa shape index (κ2) is 9.85. The summed E-state index contributed by atoms with van der Waals surface area (Å²) in [7, 11) is 0. The van der Waals surface area contributed by atoms with E-state index in [2.05, 4.69) is 31.4 Å². The summed E-state index contributed by atoms with van der Waals surface area (Å²) < 4.78 is 0. The molecule has 0 saturated heterocycles. The van der Waals surface area contributed by atoms with Crippen molar-refractivity contribution < 1.29 is 5.11 Å². The van der Waals surface area contributed by atoms with Crippen molar-refractivity contribution in [1.29, 1.82) is 0 Å². The number of aliphatic hydroxyl groups is 1. The Labute approximate surface area is 55.6 Å². The molecule has 2 nitrogen and oxygen atoms in total. The molecule has 0 aliphatic heterocycles. The van der Waals surface area contributed by atoms with E-state index in [1.807, 2.05) is 0 Å². The van der Waals surface area contributed by atoms with Crippen molar-refractivity contribution in [1.82, 2.24) is 0 Å². The molecule has 0 aromatic rings. The maximum Gasteiger partial charge on any atom is 0.210 e. The fourth-order valence-corrected chi connectivity index (χ4v) is 0.158. The van der Waals surface area contributed by atoms with Gasteiger partial charge >= 0.3 is 0 Å². The summed E-state index contributed by atoms with van der Waals surface area (Å²) in [6.45, 7) is 12.4. The van der Waals surface area contributed by atoms with Crippen molar-refractivity contribution in [2.75, 3.05) is 0 Å². The van der Waals surface area contributed by atoms with Crippen LogP contribution in [0.15, 0.2) is 42.8 Å². The predicted octanol–water partition coefficient (Wildman–Crippen LogP) is 2.07. The van der Waals surface area contributed by atoms with Gasteiger partial charge in [-0.2, -0.15) is 0 Å². The third-order valence-corrected chi connectivity index (χ3v) is 0.429. The van der Waals surface area contributed by atoms with E-state index in [0.717, 1.165) is 0 Å². The maximum absolute atomic E-state index is 8.42. The molecule has 0 aliphatic rings. The number of aliphatic hydroxyl groups excluding tert-OH is 1. The second-order valence-electron chi connectivity index (χ2n) is 0.919. The summed E-state index contributed by atoms with van der Waals surface area (Å²) in [6, 6.07) is 0. The van der Waals surface area contributed by atoms with Crippen molar-refractivity contribution in [2.24, 2.45) is 4.99 Å². The lowest BCUT2D eigenvalue weighted by molar-refractivity contribution is 0.408. The zero-order valence-corrected chi connectivity index (χ0v) is 5.38. The van der Waals surface area contributed by atoms with Gasteiger partial charge in [0, 0.05) is 0 Å².